The van der Waals surface area contributed by atoms with Gasteiger partial charge in [-0.15, -0.1) is 0 Å². The lowest BCUT2D eigenvalue weighted by atomic mass is 10.2. The maximum atomic E-state index is 12.6. The van der Waals surface area contributed by atoms with E-state index in [0.29, 0.717) is 10.0 Å². The summed E-state index contributed by atoms with van der Waals surface area (Å²) < 4.78 is 13.2. The normalized spacial score (nSPS) is 8.38. The van der Waals surface area contributed by atoms with Gasteiger partial charge in [0, 0.05) is 10.0 Å². The van der Waals surface area contributed by atoms with Gasteiger partial charge >= 0.3 is 0 Å². The summed E-state index contributed by atoms with van der Waals surface area (Å²) >= 11 is 3.17. The molecule has 64 valence electrons. The third-order valence-corrected chi connectivity index (χ3v) is 1.98. The maximum absolute atomic E-state index is 12.6. The molecular weight excluding hydrogens is 233 g/mol. The Hall–Kier alpha value is -1.32. The van der Waals surface area contributed by atoms with Crippen molar-refractivity contribution in [2.75, 3.05) is 0 Å². The zero-order valence-corrected chi connectivity index (χ0v) is 8.23. The third-order valence-electron chi connectivity index (χ3n) is 1.32. The van der Waals surface area contributed by atoms with Gasteiger partial charge in [-0.1, -0.05) is 11.8 Å². The lowest BCUT2D eigenvalue weighted by molar-refractivity contribution is 0.627. The van der Waals surface area contributed by atoms with Crippen LogP contribution in [0.2, 0.25) is 0 Å². The highest BCUT2D eigenvalue weighted by atomic mass is 79.9. The molecule has 0 N–H and O–H groups in total. The molecule has 3 heteroatoms. The van der Waals surface area contributed by atoms with Crippen LogP contribution in [-0.2, 0) is 0 Å². The van der Waals surface area contributed by atoms with E-state index in [9.17, 15) is 4.39 Å². The second kappa shape index (κ2) is 4.64. The van der Waals surface area contributed by atoms with Crippen molar-refractivity contribution < 1.29 is 4.39 Å². The highest BCUT2D eigenvalue weighted by Crippen LogP contribution is 2.16. The molecule has 0 spiro atoms. The largest absolute Gasteiger partial charge is 0.207 e. The Morgan fingerprint density at radius 1 is 1.46 bits per heavy atom. The molecule has 0 saturated carbocycles. The van der Waals surface area contributed by atoms with Gasteiger partial charge in [0.25, 0.3) is 0 Å². The van der Waals surface area contributed by atoms with Gasteiger partial charge in [0.1, 0.15) is 5.82 Å². The van der Waals surface area contributed by atoms with E-state index >= 15 is 0 Å². The molecular formula is C10H5BrFN. The van der Waals surface area contributed by atoms with Gasteiger partial charge in [-0.2, -0.15) is 5.26 Å². The lowest BCUT2D eigenvalue weighted by Gasteiger charge is -1.94. The SMILES string of the molecule is N#CCC#Cc1ccc(F)cc1Br. The highest BCUT2D eigenvalue weighted by Gasteiger charge is 1.96. The van der Waals surface area contributed by atoms with Crippen molar-refractivity contribution in [3.05, 3.63) is 34.1 Å². The fraction of sp³-hybridized carbons (Fsp3) is 0.100. The van der Waals surface area contributed by atoms with Gasteiger partial charge in [-0.05, 0) is 34.1 Å². The highest BCUT2D eigenvalue weighted by molar-refractivity contribution is 9.10. The number of rotatable bonds is 0. The minimum Gasteiger partial charge on any atom is -0.207 e. The van der Waals surface area contributed by atoms with Crippen molar-refractivity contribution in [1.29, 1.82) is 5.26 Å². The molecule has 0 bridgehead atoms. The van der Waals surface area contributed by atoms with Crippen molar-refractivity contribution in [3.63, 3.8) is 0 Å². The van der Waals surface area contributed by atoms with E-state index in [1.54, 1.807) is 6.07 Å². The Labute approximate surface area is 84.3 Å². The zero-order chi connectivity index (χ0) is 9.68. The van der Waals surface area contributed by atoms with Crippen LogP contribution in [0.4, 0.5) is 4.39 Å². The summed E-state index contributed by atoms with van der Waals surface area (Å²) in [5, 5.41) is 8.23. The second-order valence-corrected chi connectivity index (χ2v) is 3.12. The Morgan fingerprint density at radius 2 is 2.23 bits per heavy atom. The van der Waals surface area contributed by atoms with Gasteiger partial charge in [0.05, 0.1) is 12.5 Å². The van der Waals surface area contributed by atoms with Crippen LogP contribution in [-0.4, -0.2) is 0 Å². The minimum absolute atomic E-state index is 0.184. The van der Waals surface area contributed by atoms with Gasteiger partial charge in [-0.25, -0.2) is 4.39 Å². The van der Waals surface area contributed by atoms with Crippen LogP contribution >= 0.6 is 15.9 Å². The Kier molecular flexibility index (Phi) is 3.49. The first-order valence-corrected chi connectivity index (χ1v) is 4.34. The number of hydrogen-bond donors (Lipinski definition) is 0. The first-order chi connectivity index (χ1) is 6.24. The molecule has 1 nitrogen and oxygen atoms in total. The molecule has 13 heavy (non-hydrogen) atoms. The molecule has 0 radical (unpaired) electrons. The Bertz CT molecular complexity index is 409. The molecule has 0 aromatic heterocycles. The number of nitrogens with zero attached hydrogens (tertiary/aromatic N) is 1. The molecule has 0 heterocycles. The van der Waals surface area contributed by atoms with Crippen molar-refractivity contribution in [2.45, 2.75) is 6.42 Å². The molecule has 0 aliphatic heterocycles. The number of hydrogen-bond acceptors (Lipinski definition) is 1. The molecule has 0 aliphatic carbocycles. The number of benzene rings is 1. The average molecular weight is 238 g/mol. The Balaban J connectivity index is 2.93. The minimum atomic E-state index is -0.308. The average Bonchev–Trinajstić information content (AvgIpc) is 2.09. The van der Waals surface area contributed by atoms with Crippen LogP contribution in [0.3, 0.4) is 0 Å². The molecule has 0 unspecified atom stereocenters. The lowest BCUT2D eigenvalue weighted by Crippen LogP contribution is -1.79. The first-order valence-electron chi connectivity index (χ1n) is 3.55. The molecule has 0 atom stereocenters. The predicted molar refractivity (Wildman–Crippen MR) is 51.2 cm³/mol. The van der Waals surface area contributed by atoms with Crippen molar-refractivity contribution in [3.8, 4) is 17.9 Å². The van der Waals surface area contributed by atoms with Crippen molar-refractivity contribution in [2.24, 2.45) is 0 Å². The van der Waals surface area contributed by atoms with Crippen LogP contribution in [0.25, 0.3) is 0 Å². The summed E-state index contributed by atoms with van der Waals surface area (Å²) in [7, 11) is 0. The summed E-state index contributed by atoms with van der Waals surface area (Å²) in [6, 6.07) is 6.16. The summed E-state index contributed by atoms with van der Waals surface area (Å²) in [5.74, 6) is 5.10. The van der Waals surface area contributed by atoms with E-state index in [-0.39, 0.29) is 12.2 Å². The second-order valence-electron chi connectivity index (χ2n) is 2.26. The molecule has 1 aromatic carbocycles. The van der Waals surface area contributed by atoms with Crippen LogP contribution < -0.4 is 0 Å². The van der Waals surface area contributed by atoms with E-state index in [4.69, 9.17) is 5.26 Å². The van der Waals surface area contributed by atoms with Gasteiger partial charge in [0.2, 0.25) is 0 Å². The van der Waals surface area contributed by atoms with Crippen LogP contribution in [0.15, 0.2) is 22.7 Å². The summed E-state index contributed by atoms with van der Waals surface area (Å²) in [4.78, 5) is 0. The summed E-state index contributed by atoms with van der Waals surface area (Å²) in [6.07, 6.45) is 0.184. The molecule has 1 aromatic rings. The fourth-order valence-corrected chi connectivity index (χ4v) is 1.22. The first kappa shape index (κ1) is 9.77. The van der Waals surface area contributed by atoms with Crippen LogP contribution in [0.5, 0.6) is 0 Å². The van der Waals surface area contributed by atoms with E-state index in [1.165, 1.54) is 12.1 Å². The van der Waals surface area contributed by atoms with Crippen LogP contribution in [0.1, 0.15) is 12.0 Å². The standard InChI is InChI=1S/C10H5BrFN/c11-10-7-9(12)5-4-8(10)3-1-2-6-13/h4-5,7H,2H2. The third kappa shape index (κ3) is 2.89. The quantitative estimate of drug-likeness (QED) is 0.637. The smallest absolute Gasteiger partial charge is 0.124 e. The van der Waals surface area contributed by atoms with Crippen molar-refractivity contribution >= 4 is 15.9 Å². The van der Waals surface area contributed by atoms with E-state index < -0.39 is 0 Å². The topological polar surface area (TPSA) is 23.8 Å². The molecule has 0 fully saturated rings. The zero-order valence-electron chi connectivity index (χ0n) is 6.64. The van der Waals surface area contributed by atoms with Crippen molar-refractivity contribution in [1.82, 2.24) is 0 Å². The van der Waals surface area contributed by atoms with Gasteiger partial charge in [0.15, 0.2) is 0 Å². The predicted octanol–water partition coefficient (Wildman–Crippen LogP) is 2.85. The molecule has 0 amide bonds. The number of nitriles is 1. The van der Waals surface area contributed by atoms with E-state index in [1.807, 2.05) is 6.07 Å². The van der Waals surface area contributed by atoms with Crippen LogP contribution in [0, 0.1) is 29.0 Å². The number of halogens is 2. The summed E-state index contributed by atoms with van der Waals surface area (Å²) in [5.41, 5.74) is 0.691. The molecule has 0 aliphatic rings. The van der Waals surface area contributed by atoms with E-state index in [0.717, 1.165) is 0 Å². The summed E-state index contributed by atoms with van der Waals surface area (Å²) in [6.45, 7) is 0. The Morgan fingerprint density at radius 3 is 2.85 bits per heavy atom. The van der Waals surface area contributed by atoms with Gasteiger partial charge in [-0.3, -0.25) is 0 Å². The molecule has 0 saturated heterocycles. The van der Waals surface area contributed by atoms with E-state index in [2.05, 4.69) is 27.8 Å². The monoisotopic (exact) mass is 237 g/mol. The van der Waals surface area contributed by atoms with Gasteiger partial charge < -0.3 is 0 Å². The fourth-order valence-electron chi connectivity index (χ4n) is 0.770. The molecule has 1 rings (SSSR count). The maximum Gasteiger partial charge on any atom is 0.124 e.